The lowest BCUT2D eigenvalue weighted by molar-refractivity contribution is 0.0697. The third-order valence-electron chi connectivity index (χ3n) is 7.20. The van der Waals surface area contributed by atoms with Crippen LogP contribution in [0.1, 0.15) is 62.5 Å². The molecule has 2 aliphatic rings. The van der Waals surface area contributed by atoms with Crippen molar-refractivity contribution in [1.82, 2.24) is 10.6 Å². The molecule has 1 aliphatic carbocycles. The molecular weight excluding hydrogens is 568 g/mol. The standard InChI is InChI=1S/C27H22N4O4.2C4H11N/c1-16-25(24(15-32)31(30-16)21-12-11-17-5-2-6-18(17)14-21)29-28-23-10-4-9-22(26(23)33)19-7-3-8-20(13-19)27(34)35;2*1-3-5-4-2/h3-4,7-14,28,33H,2,5-6H2,1H3,(H,34,35);2*5H,3-4H2,1-2H3. The van der Waals surface area contributed by atoms with Crippen LogP contribution in [0, 0.1) is 0 Å². The summed E-state index contributed by atoms with van der Waals surface area (Å²) in [6.45, 7) is 14.5. The van der Waals surface area contributed by atoms with Crippen LogP contribution in [-0.4, -0.2) is 59.7 Å². The van der Waals surface area contributed by atoms with E-state index in [4.69, 9.17) is 0 Å². The molecule has 1 aliphatic heterocycles. The number of phenolic OH excluding ortho intramolecular Hbond substituents is 1. The predicted molar refractivity (Wildman–Crippen MR) is 183 cm³/mol. The number of allylic oxidation sites excluding steroid dienone is 1. The number of aryl methyl sites for hydroxylation is 2. The van der Waals surface area contributed by atoms with E-state index in [2.05, 4.69) is 60.0 Å². The maximum Gasteiger partial charge on any atom is 0.335 e. The Bertz CT molecular complexity index is 1570. The van der Waals surface area contributed by atoms with Gasteiger partial charge in [0, 0.05) is 5.56 Å². The Morgan fingerprint density at radius 1 is 0.933 bits per heavy atom. The van der Waals surface area contributed by atoms with E-state index in [-0.39, 0.29) is 17.0 Å². The van der Waals surface area contributed by atoms with E-state index in [0.717, 1.165) is 51.1 Å². The zero-order chi connectivity index (χ0) is 32.8. The van der Waals surface area contributed by atoms with Crippen molar-refractivity contribution in [2.75, 3.05) is 36.6 Å². The largest absolute Gasteiger partial charge is 0.505 e. The molecule has 0 aromatic heterocycles. The zero-order valence-electron chi connectivity index (χ0n) is 26.8. The van der Waals surface area contributed by atoms with Gasteiger partial charge in [0.25, 0.3) is 0 Å². The highest BCUT2D eigenvalue weighted by atomic mass is 16.4. The number of aromatic carboxylic acids is 1. The molecule has 0 saturated heterocycles. The van der Waals surface area contributed by atoms with E-state index >= 15 is 0 Å². The van der Waals surface area contributed by atoms with Crippen LogP contribution in [-0.2, 0) is 17.6 Å². The van der Waals surface area contributed by atoms with E-state index in [0.29, 0.717) is 28.2 Å². The summed E-state index contributed by atoms with van der Waals surface area (Å²) in [6, 6.07) is 17.4. The monoisotopic (exact) mass is 612 g/mol. The number of hydrogen-bond acceptors (Lipinski definition) is 9. The molecule has 0 atom stereocenters. The number of carboxylic acids is 1. The number of phenols is 1. The number of nitrogens with zero attached hydrogens (tertiary/aromatic N) is 3. The quantitative estimate of drug-likeness (QED) is 0.115. The van der Waals surface area contributed by atoms with Gasteiger partial charge in [-0.1, -0.05) is 58.0 Å². The number of para-hydroxylation sites is 1. The topological polar surface area (TPSA) is 139 Å². The van der Waals surface area contributed by atoms with Crippen LogP contribution < -0.4 is 21.1 Å². The first-order chi connectivity index (χ1) is 21.8. The normalized spacial score (nSPS) is 14.1. The third kappa shape index (κ3) is 9.12. The van der Waals surface area contributed by atoms with Gasteiger partial charge < -0.3 is 20.8 Å². The van der Waals surface area contributed by atoms with Crippen molar-refractivity contribution in [3.63, 3.8) is 0 Å². The fourth-order valence-corrected chi connectivity index (χ4v) is 4.92. The maximum absolute atomic E-state index is 11.9. The molecule has 10 nitrogen and oxygen atoms in total. The van der Waals surface area contributed by atoms with Gasteiger partial charge in [-0.2, -0.15) is 10.2 Å². The minimum atomic E-state index is -1.05. The first-order valence-electron chi connectivity index (χ1n) is 15.4. The third-order valence-corrected chi connectivity index (χ3v) is 7.20. The number of carbonyl (C=O) groups is 1. The number of benzene rings is 3. The highest BCUT2D eigenvalue weighted by Gasteiger charge is 2.29. The molecule has 5 rings (SSSR count). The van der Waals surface area contributed by atoms with Crippen molar-refractivity contribution in [1.29, 1.82) is 0 Å². The fourth-order valence-electron chi connectivity index (χ4n) is 4.92. The van der Waals surface area contributed by atoms with Gasteiger partial charge in [0.1, 0.15) is 11.5 Å². The molecule has 5 N–H and O–H groups in total. The van der Waals surface area contributed by atoms with Crippen molar-refractivity contribution in [3.05, 3.63) is 83.1 Å². The second-order valence-electron chi connectivity index (χ2n) is 10.3. The molecule has 1 heterocycles. The van der Waals surface area contributed by atoms with Crippen LogP contribution in [0.5, 0.6) is 5.75 Å². The Hall–Kier alpha value is -4.76. The molecule has 238 valence electrons. The smallest absolute Gasteiger partial charge is 0.335 e. The van der Waals surface area contributed by atoms with Gasteiger partial charge in [0.05, 0.1) is 22.6 Å². The minimum absolute atomic E-state index is 0.0981. The Morgan fingerprint density at radius 3 is 2.22 bits per heavy atom. The maximum atomic E-state index is 11.9. The molecule has 0 bridgehead atoms. The lowest BCUT2D eigenvalue weighted by Gasteiger charge is -2.15. The SMILES string of the molecule is CC1=NN(c2ccc3c(c2)CCC3)C(=C=O)C1=NNc1cccc(-c2cccc(C(=O)O)c2)c1O.CCNCC.CCNCC. The Morgan fingerprint density at radius 2 is 1.60 bits per heavy atom. The highest BCUT2D eigenvalue weighted by Crippen LogP contribution is 2.36. The Labute approximate surface area is 265 Å². The summed E-state index contributed by atoms with van der Waals surface area (Å²) >= 11 is 0. The molecule has 0 saturated carbocycles. The predicted octanol–water partition coefficient (Wildman–Crippen LogP) is 5.86. The average molecular weight is 613 g/mol. The molecule has 0 radical (unpaired) electrons. The number of aromatic hydroxyl groups is 1. The number of carbonyl (C=O) groups excluding carboxylic acids is 1. The molecule has 3 aromatic carbocycles. The first kappa shape index (κ1) is 34.7. The van der Waals surface area contributed by atoms with Crippen LogP contribution in [0.2, 0.25) is 0 Å². The van der Waals surface area contributed by atoms with Gasteiger partial charge in [-0.3, -0.25) is 5.43 Å². The molecule has 0 unspecified atom stereocenters. The summed E-state index contributed by atoms with van der Waals surface area (Å²) in [6.07, 6.45) is 3.19. The number of hydrogen-bond donors (Lipinski definition) is 5. The van der Waals surface area contributed by atoms with Gasteiger partial charge in [-0.05, 0) is 99.4 Å². The lowest BCUT2D eigenvalue weighted by Crippen LogP contribution is -2.18. The van der Waals surface area contributed by atoms with Gasteiger partial charge in [-0.25, -0.2) is 14.6 Å². The van der Waals surface area contributed by atoms with E-state index < -0.39 is 5.97 Å². The van der Waals surface area contributed by atoms with Crippen molar-refractivity contribution >= 4 is 34.7 Å². The summed E-state index contributed by atoms with van der Waals surface area (Å²) in [7, 11) is 0. The zero-order valence-corrected chi connectivity index (χ0v) is 26.8. The lowest BCUT2D eigenvalue weighted by atomic mass is 10.0. The minimum Gasteiger partial charge on any atom is -0.505 e. The van der Waals surface area contributed by atoms with Crippen molar-refractivity contribution in [2.45, 2.75) is 53.9 Å². The first-order valence-corrected chi connectivity index (χ1v) is 15.4. The van der Waals surface area contributed by atoms with Crippen LogP contribution in [0.4, 0.5) is 11.4 Å². The van der Waals surface area contributed by atoms with Crippen LogP contribution in [0.3, 0.4) is 0 Å². The van der Waals surface area contributed by atoms with Crippen molar-refractivity contribution in [3.8, 4) is 16.9 Å². The summed E-state index contributed by atoms with van der Waals surface area (Å²) in [5.74, 6) is 0.805. The molecular formula is C35H44N6O4. The number of nitrogens with one attached hydrogen (secondary N) is 3. The average Bonchev–Trinajstić information content (AvgIpc) is 3.65. The van der Waals surface area contributed by atoms with Crippen LogP contribution >= 0.6 is 0 Å². The molecule has 0 fully saturated rings. The van der Waals surface area contributed by atoms with Gasteiger partial charge in [0.2, 0.25) is 0 Å². The number of carboxylic acid groups (broad SMARTS) is 1. The van der Waals surface area contributed by atoms with E-state index in [1.165, 1.54) is 28.3 Å². The van der Waals surface area contributed by atoms with Gasteiger partial charge in [0.15, 0.2) is 11.6 Å². The van der Waals surface area contributed by atoms with E-state index in [1.807, 2.05) is 18.1 Å². The summed E-state index contributed by atoms with van der Waals surface area (Å²) in [5, 5.41) is 36.7. The molecule has 0 amide bonds. The number of rotatable bonds is 9. The number of fused-ring (bicyclic) bond motifs is 1. The Balaban J connectivity index is 0.000000482. The Kier molecular flexibility index (Phi) is 13.5. The van der Waals surface area contributed by atoms with E-state index in [9.17, 15) is 19.8 Å². The second kappa shape index (κ2) is 17.5. The van der Waals surface area contributed by atoms with Crippen molar-refractivity contribution in [2.24, 2.45) is 10.2 Å². The van der Waals surface area contributed by atoms with Crippen LogP contribution in [0.15, 0.2) is 76.6 Å². The highest BCUT2D eigenvalue weighted by molar-refractivity contribution is 6.52. The summed E-state index contributed by atoms with van der Waals surface area (Å²) in [5.41, 5.74) is 8.62. The number of hydrazone groups is 2. The molecule has 0 spiro atoms. The van der Waals surface area contributed by atoms with Crippen LogP contribution in [0.25, 0.3) is 11.1 Å². The number of anilines is 2. The van der Waals surface area contributed by atoms with Gasteiger partial charge >= 0.3 is 5.97 Å². The van der Waals surface area contributed by atoms with Crippen molar-refractivity contribution < 1.29 is 19.8 Å². The van der Waals surface area contributed by atoms with E-state index in [1.54, 1.807) is 37.3 Å². The molecule has 3 aromatic rings. The van der Waals surface area contributed by atoms with Gasteiger partial charge in [-0.15, -0.1) is 0 Å². The second-order valence-corrected chi connectivity index (χ2v) is 10.3. The molecule has 10 heteroatoms. The summed E-state index contributed by atoms with van der Waals surface area (Å²) < 4.78 is 0. The molecule has 45 heavy (non-hydrogen) atoms. The summed E-state index contributed by atoms with van der Waals surface area (Å²) in [4.78, 5) is 23.2. The fraction of sp³-hybridized carbons (Fsp3) is 0.343.